The summed E-state index contributed by atoms with van der Waals surface area (Å²) in [7, 11) is 2.10. The average Bonchev–Trinajstić information content (AvgIpc) is 1.88. The molecule has 50 valence electrons. The van der Waals surface area contributed by atoms with Crippen molar-refractivity contribution in [1.82, 2.24) is 4.90 Å². The van der Waals surface area contributed by atoms with Gasteiger partial charge in [-0.25, -0.2) is 0 Å². The van der Waals surface area contributed by atoms with E-state index >= 15 is 0 Å². The first-order valence-corrected chi connectivity index (χ1v) is 3.39. The molecular weight excluding hydrogens is 110 g/mol. The molecule has 1 heteroatoms. The minimum Gasteiger partial charge on any atom is -0.376 e. The van der Waals surface area contributed by atoms with Crippen LogP contribution in [0.4, 0.5) is 0 Å². The molecule has 9 heavy (non-hydrogen) atoms. The molecule has 0 amide bonds. The number of rotatable bonds is 1. The van der Waals surface area contributed by atoms with E-state index in [9.17, 15) is 0 Å². The van der Waals surface area contributed by atoms with Crippen molar-refractivity contribution in [2.45, 2.75) is 13.3 Å². The summed E-state index contributed by atoms with van der Waals surface area (Å²) in [6.07, 6.45) is 7.57. The molecule has 0 saturated heterocycles. The van der Waals surface area contributed by atoms with Crippen LogP contribution in [0.3, 0.4) is 0 Å². The van der Waals surface area contributed by atoms with Gasteiger partial charge in [0.25, 0.3) is 0 Å². The van der Waals surface area contributed by atoms with E-state index in [1.165, 1.54) is 12.0 Å². The molecule has 0 saturated carbocycles. The Kier molecular flexibility index (Phi) is 1.93. The predicted octanol–water partition coefficient (Wildman–Crippen LogP) is 1.78. The number of hydrogen-bond acceptors (Lipinski definition) is 1. The van der Waals surface area contributed by atoms with Gasteiger partial charge >= 0.3 is 0 Å². The Morgan fingerprint density at radius 2 is 2.44 bits per heavy atom. The zero-order valence-corrected chi connectivity index (χ0v) is 6.09. The molecule has 1 rings (SSSR count). The zero-order chi connectivity index (χ0) is 6.69. The van der Waals surface area contributed by atoms with Crippen LogP contribution in [0.1, 0.15) is 13.3 Å². The van der Waals surface area contributed by atoms with Gasteiger partial charge in [-0.05, 0) is 18.7 Å². The summed E-state index contributed by atoms with van der Waals surface area (Å²) in [6, 6.07) is 0. The van der Waals surface area contributed by atoms with Gasteiger partial charge in [-0.2, -0.15) is 0 Å². The first-order chi connectivity index (χ1) is 4.33. The molecule has 1 aliphatic heterocycles. The van der Waals surface area contributed by atoms with Crippen molar-refractivity contribution in [3.8, 4) is 0 Å². The van der Waals surface area contributed by atoms with E-state index in [-0.39, 0.29) is 0 Å². The quantitative estimate of drug-likeness (QED) is 0.513. The van der Waals surface area contributed by atoms with Gasteiger partial charge in [-0.15, -0.1) is 0 Å². The van der Waals surface area contributed by atoms with Crippen LogP contribution in [-0.2, 0) is 0 Å². The van der Waals surface area contributed by atoms with Crippen LogP contribution in [0.2, 0.25) is 0 Å². The van der Waals surface area contributed by atoms with E-state index < -0.39 is 0 Å². The first kappa shape index (κ1) is 6.40. The van der Waals surface area contributed by atoms with Gasteiger partial charge in [0.05, 0.1) is 0 Å². The summed E-state index contributed by atoms with van der Waals surface area (Å²) >= 11 is 0. The fourth-order valence-electron chi connectivity index (χ4n) is 0.981. The van der Waals surface area contributed by atoms with Gasteiger partial charge < -0.3 is 4.90 Å². The molecule has 1 heterocycles. The average molecular weight is 123 g/mol. The van der Waals surface area contributed by atoms with Crippen molar-refractivity contribution in [2.24, 2.45) is 0 Å². The first-order valence-electron chi connectivity index (χ1n) is 3.39. The second-order valence-electron chi connectivity index (χ2n) is 2.44. The highest BCUT2D eigenvalue weighted by Crippen LogP contribution is 2.07. The highest BCUT2D eigenvalue weighted by atomic mass is 15.1. The molecule has 0 bridgehead atoms. The Morgan fingerprint density at radius 1 is 1.67 bits per heavy atom. The smallest absolute Gasteiger partial charge is 0.0383 e. The van der Waals surface area contributed by atoms with Gasteiger partial charge in [-0.3, -0.25) is 0 Å². The maximum absolute atomic E-state index is 2.19. The third-order valence-electron chi connectivity index (χ3n) is 1.58. The van der Waals surface area contributed by atoms with Crippen molar-refractivity contribution >= 4 is 0 Å². The van der Waals surface area contributed by atoms with Crippen molar-refractivity contribution < 1.29 is 0 Å². The summed E-state index contributed by atoms with van der Waals surface area (Å²) < 4.78 is 0. The Hall–Kier alpha value is -0.720. The van der Waals surface area contributed by atoms with Crippen LogP contribution in [0, 0.1) is 0 Å². The minimum absolute atomic E-state index is 1.10. The normalized spacial score (nSPS) is 18.0. The zero-order valence-electron chi connectivity index (χ0n) is 6.09. The highest BCUT2D eigenvalue weighted by Gasteiger charge is 1.98. The van der Waals surface area contributed by atoms with E-state index in [0.29, 0.717) is 0 Å². The molecule has 0 N–H and O–H groups in total. The minimum atomic E-state index is 1.10. The summed E-state index contributed by atoms with van der Waals surface area (Å²) in [5.41, 5.74) is 1.51. The third kappa shape index (κ3) is 1.60. The Labute approximate surface area is 56.7 Å². The summed E-state index contributed by atoms with van der Waals surface area (Å²) in [4.78, 5) is 2.19. The number of allylic oxidation sites excluding steroid dienone is 2. The molecule has 0 aliphatic carbocycles. The van der Waals surface area contributed by atoms with E-state index in [2.05, 4.69) is 37.2 Å². The number of likely N-dealkylation sites (N-methyl/N-ethyl adjacent to an activating group) is 1. The van der Waals surface area contributed by atoms with Crippen molar-refractivity contribution in [2.75, 3.05) is 13.6 Å². The molecule has 0 fully saturated rings. The van der Waals surface area contributed by atoms with Crippen LogP contribution < -0.4 is 0 Å². The topological polar surface area (TPSA) is 3.24 Å². The molecule has 0 aromatic heterocycles. The third-order valence-corrected chi connectivity index (χ3v) is 1.58. The maximum atomic E-state index is 2.19. The SMILES string of the molecule is CCC1=CC=CN(C)C1. The van der Waals surface area contributed by atoms with Gasteiger partial charge in [0.15, 0.2) is 0 Å². The molecule has 1 nitrogen and oxygen atoms in total. The molecule has 0 spiro atoms. The lowest BCUT2D eigenvalue weighted by Gasteiger charge is -2.18. The molecule has 0 aromatic carbocycles. The van der Waals surface area contributed by atoms with E-state index in [1.807, 2.05) is 0 Å². The van der Waals surface area contributed by atoms with Crippen molar-refractivity contribution in [3.63, 3.8) is 0 Å². The summed E-state index contributed by atoms with van der Waals surface area (Å²) in [6.45, 7) is 3.30. The Morgan fingerprint density at radius 3 is 2.89 bits per heavy atom. The molecular formula is C8H13N. The molecule has 0 aromatic rings. The molecule has 1 aliphatic rings. The standard InChI is InChI=1S/C8H13N/c1-3-8-5-4-6-9(2)7-8/h4-6H,3,7H2,1-2H3. The van der Waals surface area contributed by atoms with Gasteiger partial charge in [0.1, 0.15) is 0 Å². The number of nitrogens with zero attached hydrogens (tertiary/aromatic N) is 1. The number of hydrogen-bond donors (Lipinski definition) is 0. The predicted molar refractivity (Wildman–Crippen MR) is 40.1 cm³/mol. The van der Waals surface area contributed by atoms with Crippen molar-refractivity contribution in [1.29, 1.82) is 0 Å². The second-order valence-corrected chi connectivity index (χ2v) is 2.44. The van der Waals surface area contributed by atoms with Crippen LogP contribution in [0.5, 0.6) is 0 Å². The van der Waals surface area contributed by atoms with Gasteiger partial charge in [0, 0.05) is 13.6 Å². The van der Waals surface area contributed by atoms with Crippen LogP contribution in [0.25, 0.3) is 0 Å². The van der Waals surface area contributed by atoms with Crippen LogP contribution in [0.15, 0.2) is 23.9 Å². The fraction of sp³-hybridized carbons (Fsp3) is 0.500. The Balaban J connectivity index is 2.55. The Bertz CT molecular complexity index is 145. The second kappa shape index (κ2) is 2.72. The molecule has 0 radical (unpaired) electrons. The maximum Gasteiger partial charge on any atom is 0.0383 e. The lowest BCUT2D eigenvalue weighted by atomic mass is 10.1. The van der Waals surface area contributed by atoms with Gasteiger partial charge in [0.2, 0.25) is 0 Å². The fourth-order valence-corrected chi connectivity index (χ4v) is 0.981. The lowest BCUT2D eigenvalue weighted by molar-refractivity contribution is 0.485. The van der Waals surface area contributed by atoms with E-state index in [0.717, 1.165) is 6.54 Å². The van der Waals surface area contributed by atoms with E-state index in [4.69, 9.17) is 0 Å². The van der Waals surface area contributed by atoms with Crippen LogP contribution >= 0.6 is 0 Å². The lowest BCUT2D eigenvalue weighted by Crippen LogP contribution is -2.16. The largest absolute Gasteiger partial charge is 0.376 e. The van der Waals surface area contributed by atoms with Crippen molar-refractivity contribution in [3.05, 3.63) is 23.9 Å². The monoisotopic (exact) mass is 123 g/mol. The van der Waals surface area contributed by atoms with Crippen LogP contribution in [-0.4, -0.2) is 18.5 Å². The molecule has 0 unspecified atom stereocenters. The van der Waals surface area contributed by atoms with Gasteiger partial charge in [-0.1, -0.05) is 18.6 Å². The van der Waals surface area contributed by atoms with E-state index in [1.54, 1.807) is 0 Å². The highest BCUT2D eigenvalue weighted by molar-refractivity contribution is 5.17. The summed E-state index contributed by atoms with van der Waals surface area (Å²) in [5.74, 6) is 0. The molecule has 0 atom stereocenters. The summed E-state index contributed by atoms with van der Waals surface area (Å²) in [5, 5.41) is 0.